The summed E-state index contributed by atoms with van der Waals surface area (Å²) in [6, 6.07) is 0. The van der Waals surface area contributed by atoms with Crippen LogP contribution in [0.15, 0.2) is 12.2 Å². The van der Waals surface area contributed by atoms with E-state index in [9.17, 15) is 5.11 Å². The van der Waals surface area contributed by atoms with Crippen LogP contribution in [-0.2, 0) is 4.74 Å². The van der Waals surface area contributed by atoms with E-state index in [4.69, 9.17) is 4.74 Å². The third-order valence-corrected chi connectivity index (χ3v) is 4.47. The van der Waals surface area contributed by atoms with Gasteiger partial charge in [-0.15, -0.1) is 0 Å². The topological polar surface area (TPSA) is 29.5 Å². The summed E-state index contributed by atoms with van der Waals surface area (Å²) in [4.78, 5) is 0. The fraction of sp³-hybridized carbons (Fsp3) is 0.875. The van der Waals surface area contributed by atoms with Crippen molar-refractivity contribution in [2.75, 3.05) is 6.61 Å². The van der Waals surface area contributed by atoms with Crippen molar-refractivity contribution < 1.29 is 9.84 Å². The molecule has 1 aliphatic rings. The van der Waals surface area contributed by atoms with Crippen molar-refractivity contribution in [3.8, 4) is 0 Å². The normalized spacial score (nSPS) is 23.6. The van der Waals surface area contributed by atoms with Gasteiger partial charge in [0.1, 0.15) is 0 Å². The Morgan fingerprint density at radius 2 is 1.78 bits per heavy atom. The molecule has 1 fully saturated rings. The fourth-order valence-electron chi connectivity index (χ4n) is 2.81. The van der Waals surface area contributed by atoms with E-state index in [-0.39, 0.29) is 5.60 Å². The minimum atomic E-state index is -0.402. The highest BCUT2D eigenvalue weighted by atomic mass is 16.5. The van der Waals surface area contributed by atoms with Crippen molar-refractivity contribution in [2.45, 2.75) is 77.9 Å². The van der Waals surface area contributed by atoms with E-state index >= 15 is 0 Å². The Labute approximate surface area is 112 Å². The van der Waals surface area contributed by atoms with Crippen LogP contribution < -0.4 is 0 Å². The third-order valence-electron chi connectivity index (χ3n) is 4.47. The highest BCUT2D eigenvalue weighted by Gasteiger charge is 2.44. The molecule has 1 unspecified atom stereocenters. The molecule has 0 aliphatic heterocycles. The van der Waals surface area contributed by atoms with E-state index in [1.165, 1.54) is 0 Å². The lowest BCUT2D eigenvalue weighted by Crippen LogP contribution is -2.49. The number of hydrogen-bond acceptors (Lipinski definition) is 2. The molecule has 0 spiro atoms. The zero-order valence-corrected chi connectivity index (χ0v) is 12.6. The molecule has 0 bridgehead atoms. The van der Waals surface area contributed by atoms with Gasteiger partial charge in [0.05, 0.1) is 11.7 Å². The smallest absolute Gasteiger partial charge is 0.0943 e. The zero-order valence-electron chi connectivity index (χ0n) is 12.6. The van der Waals surface area contributed by atoms with Gasteiger partial charge in [-0.3, -0.25) is 0 Å². The monoisotopic (exact) mass is 254 g/mol. The minimum Gasteiger partial charge on any atom is -0.390 e. The van der Waals surface area contributed by atoms with Gasteiger partial charge in [0, 0.05) is 6.61 Å². The lowest BCUT2D eigenvalue weighted by Gasteiger charge is -2.46. The maximum absolute atomic E-state index is 10.5. The van der Waals surface area contributed by atoms with Gasteiger partial charge in [-0.2, -0.15) is 0 Å². The second kappa shape index (κ2) is 6.21. The summed E-state index contributed by atoms with van der Waals surface area (Å²) in [5, 5.41) is 10.5. The number of ether oxygens (including phenoxy) is 1. The molecule has 0 aromatic heterocycles. The van der Waals surface area contributed by atoms with E-state index < -0.39 is 6.10 Å². The Kier molecular flexibility index (Phi) is 5.42. The molecule has 0 radical (unpaired) electrons. The fourth-order valence-corrected chi connectivity index (χ4v) is 2.81. The molecule has 106 valence electrons. The number of aliphatic hydroxyl groups excluding tert-OH is 1. The van der Waals surface area contributed by atoms with Crippen LogP contribution in [0, 0.1) is 5.41 Å². The van der Waals surface area contributed by atoms with Gasteiger partial charge in [0.2, 0.25) is 0 Å². The Morgan fingerprint density at radius 1 is 1.22 bits per heavy atom. The van der Waals surface area contributed by atoms with E-state index in [1.807, 2.05) is 6.92 Å². The van der Waals surface area contributed by atoms with Crippen molar-refractivity contribution in [2.24, 2.45) is 5.41 Å². The molecule has 2 nitrogen and oxygen atoms in total. The maximum Gasteiger partial charge on any atom is 0.0943 e. The average Bonchev–Trinajstić information content (AvgIpc) is 2.32. The summed E-state index contributed by atoms with van der Waals surface area (Å²) in [6.45, 7) is 13.4. The van der Waals surface area contributed by atoms with Gasteiger partial charge >= 0.3 is 0 Å². The first-order valence-corrected chi connectivity index (χ1v) is 7.34. The highest BCUT2D eigenvalue weighted by molar-refractivity contribution is 5.03. The first-order chi connectivity index (χ1) is 8.35. The van der Waals surface area contributed by atoms with E-state index in [1.54, 1.807) is 0 Å². The second-order valence-electron chi connectivity index (χ2n) is 6.49. The van der Waals surface area contributed by atoms with Crippen LogP contribution >= 0.6 is 0 Å². The van der Waals surface area contributed by atoms with Crippen LogP contribution in [0.4, 0.5) is 0 Å². The predicted molar refractivity (Wildman–Crippen MR) is 76.7 cm³/mol. The van der Waals surface area contributed by atoms with Gasteiger partial charge in [0.25, 0.3) is 0 Å². The quantitative estimate of drug-likeness (QED) is 0.724. The van der Waals surface area contributed by atoms with Gasteiger partial charge in [0.15, 0.2) is 0 Å². The highest BCUT2D eigenvalue weighted by Crippen LogP contribution is 2.44. The van der Waals surface area contributed by atoms with Crippen molar-refractivity contribution >= 4 is 0 Å². The van der Waals surface area contributed by atoms with Gasteiger partial charge in [-0.1, -0.05) is 32.9 Å². The molecule has 1 atom stereocenters. The molecule has 0 saturated heterocycles. The molecular weight excluding hydrogens is 224 g/mol. The molecule has 0 heterocycles. The molecule has 0 amide bonds. The van der Waals surface area contributed by atoms with Crippen molar-refractivity contribution in [1.29, 1.82) is 0 Å². The second-order valence-corrected chi connectivity index (χ2v) is 6.49. The van der Waals surface area contributed by atoms with Crippen LogP contribution in [0.25, 0.3) is 0 Å². The van der Waals surface area contributed by atoms with Gasteiger partial charge in [-0.05, 0) is 50.9 Å². The molecule has 1 N–H and O–H groups in total. The Bertz CT molecular complexity index is 271. The van der Waals surface area contributed by atoms with Crippen LogP contribution in [0.5, 0.6) is 0 Å². The first kappa shape index (κ1) is 15.7. The van der Waals surface area contributed by atoms with Crippen LogP contribution in [0.1, 0.15) is 66.2 Å². The average molecular weight is 254 g/mol. The van der Waals surface area contributed by atoms with Crippen LogP contribution in [-0.4, -0.2) is 23.4 Å². The molecule has 18 heavy (non-hydrogen) atoms. The third kappa shape index (κ3) is 3.83. The number of rotatable bonds is 6. The summed E-state index contributed by atoms with van der Waals surface area (Å²) < 4.78 is 5.98. The Hall–Kier alpha value is -0.340. The maximum atomic E-state index is 10.5. The Morgan fingerprint density at radius 3 is 2.22 bits per heavy atom. The first-order valence-electron chi connectivity index (χ1n) is 7.34. The summed E-state index contributed by atoms with van der Waals surface area (Å²) >= 11 is 0. The van der Waals surface area contributed by atoms with Gasteiger partial charge < -0.3 is 9.84 Å². The van der Waals surface area contributed by atoms with Crippen molar-refractivity contribution in [1.82, 2.24) is 0 Å². The van der Waals surface area contributed by atoms with Crippen molar-refractivity contribution in [3.05, 3.63) is 12.2 Å². The standard InChI is InChI=1S/C16H30O2/c1-6-13(3)12-14(17)16(18-7-2)10-8-15(4,5)9-11-16/h14,17H,3,6-12H2,1-2,4-5H3. The SMILES string of the molecule is C=C(CC)CC(O)C1(OCC)CCC(C)(C)CC1. The molecule has 0 aromatic rings. The number of aliphatic hydroxyl groups is 1. The van der Waals surface area contributed by atoms with E-state index in [0.29, 0.717) is 18.4 Å². The lowest BCUT2D eigenvalue weighted by atomic mass is 9.68. The van der Waals surface area contributed by atoms with Crippen molar-refractivity contribution in [3.63, 3.8) is 0 Å². The molecule has 2 heteroatoms. The zero-order chi connectivity index (χ0) is 13.8. The summed E-state index contributed by atoms with van der Waals surface area (Å²) in [5.41, 5.74) is 1.18. The largest absolute Gasteiger partial charge is 0.390 e. The molecular formula is C16H30O2. The lowest BCUT2D eigenvalue weighted by molar-refractivity contribution is -0.150. The van der Waals surface area contributed by atoms with E-state index in [2.05, 4.69) is 27.4 Å². The summed E-state index contributed by atoms with van der Waals surface area (Å²) in [6.07, 6.45) is 5.39. The van der Waals surface area contributed by atoms with Crippen LogP contribution in [0.3, 0.4) is 0 Å². The predicted octanol–water partition coefficient (Wildman–Crippen LogP) is 4.08. The molecule has 0 aromatic carbocycles. The van der Waals surface area contributed by atoms with Gasteiger partial charge in [-0.25, -0.2) is 0 Å². The summed E-state index contributed by atoms with van der Waals surface area (Å²) in [7, 11) is 0. The molecule has 1 rings (SSSR count). The van der Waals surface area contributed by atoms with E-state index in [0.717, 1.165) is 37.7 Å². The molecule has 1 aliphatic carbocycles. The number of hydrogen-bond donors (Lipinski definition) is 1. The van der Waals surface area contributed by atoms with Crippen LogP contribution in [0.2, 0.25) is 0 Å². The summed E-state index contributed by atoms with van der Waals surface area (Å²) in [5.74, 6) is 0. The molecule has 1 saturated carbocycles. The Balaban J connectivity index is 2.72. The minimum absolute atomic E-state index is 0.331.